The van der Waals surface area contributed by atoms with Crippen LogP contribution in [0.5, 0.6) is 0 Å². The zero-order valence-corrected chi connectivity index (χ0v) is 5.82. The minimum Gasteiger partial charge on any atom is -0.207 e. The van der Waals surface area contributed by atoms with Gasteiger partial charge < -0.3 is 0 Å². The molecular weight excluding hydrogens is 122 g/mol. The van der Waals surface area contributed by atoms with Crippen LogP contribution in [-0.2, 0) is 0 Å². The molecule has 1 aliphatic carbocycles. The first-order valence-electron chi connectivity index (χ1n) is 3.43. The molecule has 0 aliphatic heterocycles. The highest BCUT2D eigenvalue weighted by Gasteiger charge is 2.50. The maximum atomic E-state index is 12.3. The molecule has 0 bridgehead atoms. The summed E-state index contributed by atoms with van der Waals surface area (Å²) in [7, 11) is 0. The molecule has 0 saturated heterocycles. The van der Waals surface area contributed by atoms with Crippen molar-refractivity contribution >= 4 is 0 Å². The Hall–Kier alpha value is -0.140. The van der Waals surface area contributed by atoms with E-state index in [4.69, 9.17) is 0 Å². The van der Waals surface area contributed by atoms with E-state index in [2.05, 4.69) is 0 Å². The molecule has 2 atom stereocenters. The van der Waals surface area contributed by atoms with Gasteiger partial charge in [0.05, 0.1) is 0 Å². The van der Waals surface area contributed by atoms with E-state index < -0.39 is 5.92 Å². The van der Waals surface area contributed by atoms with Crippen molar-refractivity contribution in [2.24, 2.45) is 11.8 Å². The fourth-order valence-corrected chi connectivity index (χ4v) is 1.32. The third-order valence-corrected chi connectivity index (χ3v) is 2.10. The Labute approximate surface area is 54.3 Å². The zero-order valence-electron chi connectivity index (χ0n) is 5.82. The summed E-state index contributed by atoms with van der Waals surface area (Å²) in [6.07, 6.45) is 1.65. The van der Waals surface area contributed by atoms with Gasteiger partial charge in [-0.05, 0) is 19.3 Å². The van der Waals surface area contributed by atoms with Crippen LogP contribution < -0.4 is 0 Å². The summed E-state index contributed by atoms with van der Waals surface area (Å²) in [5.74, 6) is -2.41. The highest BCUT2D eigenvalue weighted by molar-refractivity contribution is 4.92. The molecule has 0 aromatic heterocycles. The van der Waals surface area contributed by atoms with Gasteiger partial charge in [0.1, 0.15) is 0 Å². The molecule has 0 amide bonds. The van der Waals surface area contributed by atoms with E-state index in [-0.39, 0.29) is 5.92 Å². The molecule has 1 aliphatic rings. The summed E-state index contributed by atoms with van der Waals surface area (Å²) in [6.45, 7) is 2.99. The van der Waals surface area contributed by atoms with Crippen molar-refractivity contribution in [1.29, 1.82) is 0 Å². The van der Waals surface area contributed by atoms with Gasteiger partial charge in [0.2, 0.25) is 5.92 Å². The zero-order chi connectivity index (χ0) is 7.07. The second kappa shape index (κ2) is 1.93. The topological polar surface area (TPSA) is 0 Å². The van der Waals surface area contributed by atoms with Gasteiger partial charge in [-0.3, -0.25) is 0 Å². The van der Waals surface area contributed by atoms with Crippen LogP contribution in [0.1, 0.15) is 26.7 Å². The van der Waals surface area contributed by atoms with Crippen molar-refractivity contribution in [3.8, 4) is 0 Å². The highest BCUT2D eigenvalue weighted by Crippen LogP contribution is 2.50. The average Bonchev–Trinajstić information content (AvgIpc) is 2.39. The third-order valence-electron chi connectivity index (χ3n) is 2.10. The average molecular weight is 134 g/mol. The van der Waals surface area contributed by atoms with E-state index in [1.165, 1.54) is 0 Å². The van der Waals surface area contributed by atoms with E-state index in [1.807, 2.05) is 6.92 Å². The summed E-state index contributed by atoms with van der Waals surface area (Å²) in [6, 6.07) is 0. The van der Waals surface area contributed by atoms with E-state index in [1.54, 1.807) is 0 Å². The molecule has 9 heavy (non-hydrogen) atoms. The van der Waals surface area contributed by atoms with Crippen LogP contribution in [0.4, 0.5) is 8.78 Å². The third kappa shape index (κ3) is 1.41. The molecule has 1 saturated carbocycles. The molecule has 0 nitrogen and oxygen atoms in total. The van der Waals surface area contributed by atoms with Crippen molar-refractivity contribution in [1.82, 2.24) is 0 Å². The molecule has 0 radical (unpaired) electrons. The second-order valence-electron chi connectivity index (χ2n) is 2.97. The van der Waals surface area contributed by atoms with E-state index in [9.17, 15) is 8.78 Å². The number of alkyl halides is 2. The summed E-state index contributed by atoms with van der Waals surface area (Å²) in [5, 5.41) is 0. The Kier molecular flexibility index (Phi) is 1.49. The minimum atomic E-state index is -2.42. The lowest BCUT2D eigenvalue weighted by Gasteiger charge is -2.07. The lowest BCUT2D eigenvalue weighted by atomic mass is 10.2. The maximum absolute atomic E-state index is 12.3. The fourth-order valence-electron chi connectivity index (χ4n) is 1.32. The minimum absolute atomic E-state index is 0.303. The number of hydrogen-bond acceptors (Lipinski definition) is 0. The molecule has 2 unspecified atom stereocenters. The largest absolute Gasteiger partial charge is 0.248 e. The van der Waals surface area contributed by atoms with E-state index >= 15 is 0 Å². The lowest BCUT2D eigenvalue weighted by molar-refractivity contribution is -0.00749. The quantitative estimate of drug-likeness (QED) is 0.544. The molecule has 1 fully saturated rings. The molecular formula is C7H12F2. The Morgan fingerprint density at radius 3 is 2.22 bits per heavy atom. The summed E-state index contributed by atoms with van der Waals surface area (Å²) in [4.78, 5) is 0. The molecule has 2 heteroatoms. The Morgan fingerprint density at radius 2 is 2.11 bits per heavy atom. The van der Waals surface area contributed by atoms with Crippen molar-refractivity contribution in [3.05, 3.63) is 0 Å². The van der Waals surface area contributed by atoms with Crippen molar-refractivity contribution < 1.29 is 8.78 Å². The van der Waals surface area contributed by atoms with Gasteiger partial charge in [-0.15, -0.1) is 0 Å². The first-order chi connectivity index (χ1) is 4.05. The second-order valence-corrected chi connectivity index (χ2v) is 2.97. The standard InChI is InChI=1S/C7H12F2/c1-3-5-4-6(5)7(2,8)9/h5-6H,3-4H2,1-2H3. The van der Waals surface area contributed by atoms with Gasteiger partial charge in [0.25, 0.3) is 0 Å². The van der Waals surface area contributed by atoms with Gasteiger partial charge in [0.15, 0.2) is 0 Å². The molecule has 0 spiro atoms. The molecule has 0 N–H and O–H groups in total. The molecule has 0 aromatic carbocycles. The SMILES string of the molecule is CCC1CC1C(C)(F)F. The Morgan fingerprint density at radius 1 is 1.56 bits per heavy atom. The Bertz CT molecular complexity index is 104. The predicted octanol–water partition coefficient (Wildman–Crippen LogP) is 2.69. The summed E-state index contributed by atoms with van der Waals surface area (Å²) < 4.78 is 24.7. The number of rotatable bonds is 2. The molecule has 0 heterocycles. The summed E-state index contributed by atoms with van der Waals surface area (Å²) in [5.41, 5.74) is 0. The van der Waals surface area contributed by atoms with Crippen molar-refractivity contribution in [2.75, 3.05) is 0 Å². The van der Waals surface area contributed by atoms with E-state index in [0.717, 1.165) is 19.8 Å². The van der Waals surface area contributed by atoms with Gasteiger partial charge in [0, 0.05) is 5.92 Å². The van der Waals surface area contributed by atoms with Gasteiger partial charge in [-0.2, -0.15) is 0 Å². The number of halogens is 2. The first kappa shape index (κ1) is 6.97. The molecule has 0 aromatic rings. The van der Waals surface area contributed by atoms with Crippen LogP contribution in [0.15, 0.2) is 0 Å². The summed E-state index contributed by atoms with van der Waals surface area (Å²) >= 11 is 0. The fraction of sp³-hybridized carbons (Fsp3) is 1.00. The van der Waals surface area contributed by atoms with Gasteiger partial charge in [-0.25, -0.2) is 8.78 Å². The van der Waals surface area contributed by atoms with Crippen LogP contribution in [-0.4, -0.2) is 5.92 Å². The van der Waals surface area contributed by atoms with Gasteiger partial charge in [-0.1, -0.05) is 13.3 Å². The van der Waals surface area contributed by atoms with Crippen LogP contribution in [0, 0.1) is 11.8 Å². The van der Waals surface area contributed by atoms with Crippen molar-refractivity contribution in [3.63, 3.8) is 0 Å². The first-order valence-corrected chi connectivity index (χ1v) is 3.43. The van der Waals surface area contributed by atoms with Crippen LogP contribution in [0.2, 0.25) is 0 Å². The smallest absolute Gasteiger partial charge is 0.207 e. The normalized spacial score (nSPS) is 34.7. The molecule has 54 valence electrons. The Balaban J connectivity index is 2.33. The monoisotopic (exact) mass is 134 g/mol. The molecule has 1 rings (SSSR count). The lowest BCUT2D eigenvalue weighted by Crippen LogP contribution is -2.13. The van der Waals surface area contributed by atoms with Crippen LogP contribution in [0.25, 0.3) is 0 Å². The highest BCUT2D eigenvalue weighted by atomic mass is 19.3. The van der Waals surface area contributed by atoms with Crippen molar-refractivity contribution in [2.45, 2.75) is 32.6 Å². The number of hydrogen-bond donors (Lipinski definition) is 0. The van der Waals surface area contributed by atoms with Gasteiger partial charge >= 0.3 is 0 Å². The van der Waals surface area contributed by atoms with Crippen LogP contribution >= 0.6 is 0 Å². The van der Waals surface area contributed by atoms with E-state index in [0.29, 0.717) is 5.92 Å². The van der Waals surface area contributed by atoms with Crippen LogP contribution in [0.3, 0.4) is 0 Å². The predicted molar refractivity (Wildman–Crippen MR) is 32.5 cm³/mol. The maximum Gasteiger partial charge on any atom is 0.248 e.